The Morgan fingerprint density at radius 2 is 2.17 bits per heavy atom. The number of aryl methyl sites for hydroxylation is 1. The van der Waals surface area contributed by atoms with E-state index in [4.69, 9.17) is 10.5 Å². The van der Waals surface area contributed by atoms with Crippen LogP contribution in [0.4, 0.5) is 5.95 Å². The van der Waals surface area contributed by atoms with Crippen LogP contribution >= 0.6 is 11.3 Å². The minimum atomic E-state index is -0.441. The number of nitrogens with two attached hydrogens (primary N) is 1. The van der Waals surface area contributed by atoms with Crippen LogP contribution in [0, 0.1) is 6.92 Å². The first-order valence-electron chi connectivity index (χ1n) is 5.40. The number of rotatable bonds is 2. The molecular weight excluding hydrogens is 254 g/mol. The van der Waals surface area contributed by atoms with Crippen LogP contribution in [0.25, 0.3) is 10.2 Å². The third-order valence-electron chi connectivity index (χ3n) is 2.35. The molecule has 96 valence electrons. The van der Waals surface area contributed by atoms with E-state index in [0.717, 1.165) is 11.3 Å². The normalized spacial score (nSPS) is 11.1. The predicted molar refractivity (Wildman–Crippen MR) is 69.9 cm³/mol. The monoisotopic (exact) mass is 267 g/mol. The molecular formula is C11H13N3O3S. The molecule has 0 atom stereocenters. The summed E-state index contributed by atoms with van der Waals surface area (Å²) in [5, 5.41) is 0.393. The van der Waals surface area contributed by atoms with E-state index in [1.807, 2.05) is 0 Å². The third kappa shape index (κ3) is 2.08. The molecule has 0 spiro atoms. The molecule has 6 nitrogen and oxygen atoms in total. The summed E-state index contributed by atoms with van der Waals surface area (Å²) in [5.74, 6) is -0.402. The summed E-state index contributed by atoms with van der Waals surface area (Å²) in [6.45, 7) is 5.23. The molecule has 0 fully saturated rings. The molecule has 0 aliphatic carbocycles. The number of aromatic nitrogens is 2. The summed E-state index contributed by atoms with van der Waals surface area (Å²) in [7, 11) is 0. The van der Waals surface area contributed by atoms with Gasteiger partial charge in [-0.1, -0.05) is 0 Å². The molecule has 0 unspecified atom stereocenters. The van der Waals surface area contributed by atoms with Crippen LogP contribution in [0.15, 0.2) is 4.79 Å². The first-order chi connectivity index (χ1) is 8.40. The van der Waals surface area contributed by atoms with Crippen LogP contribution in [0.1, 0.15) is 29.1 Å². The first-order valence-corrected chi connectivity index (χ1v) is 6.21. The van der Waals surface area contributed by atoms with Gasteiger partial charge in [-0.25, -0.2) is 9.78 Å². The van der Waals surface area contributed by atoms with Crippen molar-refractivity contribution in [2.75, 3.05) is 5.73 Å². The topological polar surface area (TPSA) is 98.1 Å². The second-order valence-corrected chi connectivity index (χ2v) is 5.14. The van der Waals surface area contributed by atoms with E-state index in [1.54, 1.807) is 20.8 Å². The van der Waals surface area contributed by atoms with Crippen molar-refractivity contribution in [2.24, 2.45) is 0 Å². The highest BCUT2D eigenvalue weighted by Gasteiger charge is 2.20. The number of hydrogen-bond donors (Lipinski definition) is 2. The summed E-state index contributed by atoms with van der Waals surface area (Å²) in [6.07, 6.45) is -0.210. The van der Waals surface area contributed by atoms with Crippen molar-refractivity contribution < 1.29 is 9.53 Å². The van der Waals surface area contributed by atoms with Gasteiger partial charge in [0, 0.05) is 0 Å². The highest BCUT2D eigenvalue weighted by Crippen LogP contribution is 2.28. The largest absolute Gasteiger partial charge is 0.459 e. The average Bonchev–Trinajstić information content (AvgIpc) is 2.54. The molecule has 7 heteroatoms. The van der Waals surface area contributed by atoms with Crippen molar-refractivity contribution in [3.05, 3.63) is 20.8 Å². The number of carbonyl (C=O) groups excluding carboxylic acids is 1. The average molecular weight is 267 g/mol. The quantitative estimate of drug-likeness (QED) is 0.802. The number of aromatic amines is 1. The summed E-state index contributed by atoms with van der Waals surface area (Å²) in [6, 6.07) is 0. The van der Waals surface area contributed by atoms with Crippen molar-refractivity contribution in [3.8, 4) is 0 Å². The lowest BCUT2D eigenvalue weighted by Crippen LogP contribution is -2.12. The Morgan fingerprint density at radius 1 is 1.50 bits per heavy atom. The number of carbonyl (C=O) groups is 1. The molecule has 0 saturated carbocycles. The van der Waals surface area contributed by atoms with E-state index in [1.165, 1.54) is 0 Å². The second-order valence-electron chi connectivity index (χ2n) is 4.14. The molecule has 0 radical (unpaired) electrons. The lowest BCUT2D eigenvalue weighted by Gasteiger charge is -2.06. The van der Waals surface area contributed by atoms with Gasteiger partial charge < -0.3 is 10.5 Å². The SMILES string of the molecule is Cc1c(C(=O)OC(C)C)sc2nc(N)[nH]c(=O)c12. The van der Waals surface area contributed by atoms with E-state index in [0.29, 0.717) is 20.7 Å². The molecule has 2 aromatic heterocycles. The molecule has 0 aliphatic rings. The number of fused-ring (bicyclic) bond motifs is 1. The van der Waals surface area contributed by atoms with Crippen molar-refractivity contribution >= 4 is 33.5 Å². The van der Waals surface area contributed by atoms with Gasteiger partial charge in [0.2, 0.25) is 5.95 Å². The summed E-state index contributed by atoms with van der Waals surface area (Å²) in [5.41, 5.74) is 5.70. The van der Waals surface area contributed by atoms with Gasteiger partial charge in [0.1, 0.15) is 9.71 Å². The fraction of sp³-hybridized carbons (Fsp3) is 0.364. The van der Waals surface area contributed by atoms with E-state index < -0.39 is 5.97 Å². The maximum absolute atomic E-state index is 11.9. The van der Waals surface area contributed by atoms with Gasteiger partial charge in [0.05, 0.1) is 11.5 Å². The van der Waals surface area contributed by atoms with Crippen molar-refractivity contribution in [3.63, 3.8) is 0 Å². The minimum Gasteiger partial charge on any atom is -0.459 e. The molecule has 0 bridgehead atoms. The number of esters is 1. The third-order valence-corrected chi connectivity index (χ3v) is 3.51. The van der Waals surface area contributed by atoms with E-state index in [2.05, 4.69) is 9.97 Å². The number of nitrogens with zero attached hydrogens (tertiary/aromatic N) is 1. The van der Waals surface area contributed by atoms with Crippen LogP contribution in [0.3, 0.4) is 0 Å². The van der Waals surface area contributed by atoms with Crippen molar-refractivity contribution in [1.82, 2.24) is 9.97 Å². The zero-order valence-corrected chi connectivity index (χ0v) is 11.1. The fourth-order valence-electron chi connectivity index (χ4n) is 1.62. The Bertz CT molecular complexity index is 672. The molecule has 3 N–H and O–H groups in total. The molecule has 0 aliphatic heterocycles. The molecule has 0 amide bonds. The number of nitrogens with one attached hydrogen (secondary N) is 1. The molecule has 2 rings (SSSR count). The second kappa shape index (κ2) is 4.41. The van der Waals surface area contributed by atoms with Crippen molar-refractivity contribution in [1.29, 1.82) is 0 Å². The van der Waals surface area contributed by atoms with Gasteiger partial charge in [0.15, 0.2) is 0 Å². The van der Waals surface area contributed by atoms with E-state index in [-0.39, 0.29) is 17.6 Å². The number of nitrogen functional groups attached to an aromatic ring is 1. The molecule has 0 saturated heterocycles. The summed E-state index contributed by atoms with van der Waals surface area (Å²) >= 11 is 1.12. The number of ether oxygens (including phenoxy) is 1. The first kappa shape index (κ1) is 12.6. The summed E-state index contributed by atoms with van der Waals surface area (Å²) in [4.78, 5) is 30.9. The Morgan fingerprint density at radius 3 is 2.78 bits per heavy atom. The zero-order chi connectivity index (χ0) is 13.4. The molecule has 2 heterocycles. The standard InChI is InChI=1S/C11H13N3O3S/c1-4(2)17-10(16)7-5(3)6-8(15)13-11(12)14-9(6)18-7/h4H,1-3H3,(H3,12,13,14,15). The molecule has 18 heavy (non-hydrogen) atoms. The highest BCUT2D eigenvalue weighted by atomic mass is 32.1. The van der Waals surface area contributed by atoms with Gasteiger partial charge in [-0.15, -0.1) is 11.3 Å². The van der Waals surface area contributed by atoms with E-state index >= 15 is 0 Å². The van der Waals surface area contributed by atoms with Crippen molar-refractivity contribution in [2.45, 2.75) is 26.9 Å². The lowest BCUT2D eigenvalue weighted by atomic mass is 10.2. The number of H-pyrrole nitrogens is 1. The van der Waals surface area contributed by atoms with Crippen LogP contribution < -0.4 is 11.3 Å². The minimum absolute atomic E-state index is 0.0394. The van der Waals surface area contributed by atoms with Crippen LogP contribution in [-0.4, -0.2) is 22.0 Å². The Labute approximate surface area is 107 Å². The lowest BCUT2D eigenvalue weighted by molar-refractivity contribution is 0.0383. The zero-order valence-electron chi connectivity index (χ0n) is 10.2. The van der Waals surface area contributed by atoms with Gasteiger partial charge in [-0.3, -0.25) is 9.78 Å². The number of thiophene rings is 1. The number of hydrogen-bond acceptors (Lipinski definition) is 6. The smallest absolute Gasteiger partial charge is 0.348 e. The number of anilines is 1. The maximum Gasteiger partial charge on any atom is 0.348 e. The summed E-state index contributed by atoms with van der Waals surface area (Å²) < 4.78 is 5.12. The van der Waals surface area contributed by atoms with Gasteiger partial charge in [0.25, 0.3) is 5.56 Å². The van der Waals surface area contributed by atoms with Crippen LogP contribution in [-0.2, 0) is 4.74 Å². The van der Waals surface area contributed by atoms with Gasteiger partial charge in [-0.05, 0) is 26.3 Å². The van der Waals surface area contributed by atoms with Crippen LogP contribution in [0.5, 0.6) is 0 Å². The Hall–Kier alpha value is -1.89. The molecule has 2 aromatic rings. The fourth-order valence-corrected chi connectivity index (χ4v) is 2.69. The maximum atomic E-state index is 11.9. The van der Waals surface area contributed by atoms with Gasteiger partial charge in [-0.2, -0.15) is 0 Å². The van der Waals surface area contributed by atoms with Crippen LogP contribution in [0.2, 0.25) is 0 Å². The Balaban J connectivity index is 2.61. The van der Waals surface area contributed by atoms with E-state index in [9.17, 15) is 9.59 Å². The highest BCUT2D eigenvalue weighted by molar-refractivity contribution is 7.20. The predicted octanol–water partition coefficient (Wildman–Crippen LogP) is 1.44. The Kier molecular flexibility index (Phi) is 3.08. The molecule has 0 aromatic carbocycles. The van der Waals surface area contributed by atoms with Gasteiger partial charge >= 0.3 is 5.97 Å².